The van der Waals surface area contributed by atoms with Crippen LogP contribution in [-0.4, -0.2) is 6.54 Å². The summed E-state index contributed by atoms with van der Waals surface area (Å²) < 4.78 is 0. The number of halogens is 2. The molecule has 0 saturated carbocycles. The highest BCUT2D eigenvalue weighted by Gasteiger charge is 2.13. The molecule has 0 radical (unpaired) electrons. The molecule has 2 aromatic carbocycles. The summed E-state index contributed by atoms with van der Waals surface area (Å²) in [5, 5.41) is 4.63. The van der Waals surface area contributed by atoms with Crippen LogP contribution in [0.1, 0.15) is 17.2 Å². The van der Waals surface area contributed by atoms with E-state index in [0.717, 1.165) is 11.3 Å². The van der Waals surface area contributed by atoms with Gasteiger partial charge in [-0.15, -0.1) is 0 Å². The highest BCUT2D eigenvalue weighted by Crippen LogP contribution is 2.28. The van der Waals surface area contributed by atoms with Crippen LogP contribution in [0.4, 0.5) is 5.69 Å². The normalized spacial score (nSPS) is 12.2. The summed E-state index contributed by atoms with van der Waals surface area (Å²) in [6.45, 7) is 2.51. The number of hydrogen-bond acceptors (Lipinski definition) is 2. The van der Waals surface area contributed by atoms with Crippen molar-refractivity contribution in [2.45, 2.75) is 13.0 Å². The quantitative estimate of drug-likeness (QED) is 0.876. The van der Waals surface area contributed by atoms with Gasteiger partial charge >= 0.3 is 0 Å². The summed E-state index contributed by atoms with van der Waals surface area (Å²) in [7, 11) is 0. The summed E-state index contributed by atoms with van der Waals surface area (Å²) in [4.78, 5) is 0. The molecule has 1 atom stereocenters. The number of rotatable bonds is 4. The second-order valence-corrected chi connectivity index (χ2v) is 5.31. The van der Waals surface area contributed by atoms with Gasteiger partial charge in [0.05, 0.1) is 6.04 Å². The first-order chi connectivity index (χ1) is 9.10. The van der Waals surface area contributed by atoms with Gasteiger partial charge in [-0.3, -0.25) is 0 Å². The van der Waals surface area contributed by atoms with Crippen molar-refractivity contribution in [2.24, 2.45) is 5.73 Å². The highest BCUT2D eigenvalue weighted by atomic mass is 35.5. The van der Waals surface area contributed by atoms with E-state index in [0.29, 0.717) is 16.6 Å². The predicted octanol–water partition coefficient (Wildman–Crippen LogP) is 4.41. The van der Waals surface area contributed by atoms with Gasteiger partial charge in [0.1, 0.15) is 0 Å². The summed E-state index contributed by atoms with van der Waals surface area (Å²) in [5.41, 5.74) is 9.03. The van der Waals surface area contributed by atoms with Gasteiger partial charge in [-0.2, -0.15) is 0 Å². The second-order valence-electron chi connectivity index (χ2n) is 4.46. The van der Waals surface area contributed by atoms with Crippen molar-refractivity contribution in [1.82, 2.24) is 0 Å². The van der Waals surface area contributed by atoms with Gasteiger partial charge in [-0.25, -0.2) is 0 Å². The van der Waals surface area contributed by atoms with Crippen molar-refractivity contribution in [3.8, 4) is 0 Å². The average molecular weight is 295 g/mol. The zero-order valence-corrected chi connectivity index (χ0v) is 12.2. The Morgan fingerprint density at radius 2 is 1.79 bits per heavy atom. The third-order valence-electron chi connectivity index (χ3n) is 2.97. The summed E-state index contributed by atoms with van der Waals surface area (Å²) in [6.07, 6.45) is 0. The van der Waals surface area contributed by atoms with Crippen LogP contribution in [0.5, 0.6) is 0 Å². The predicted molar refractivity (Wildman–Crippen MR) is 83.1 cm³/mol. The molecule has 0 aliphatic heterocycles. The van der Waals surface area contributed by atoms with E-state index in [2.05, 4.69) is 24.4 Å². The van der Waals surface area contributed by atoms with E-state index in [9.17, 15) is 0 Å². The zero-order valence-electron chi connectivity index (χ0n) is 10.7. The number of anilines is 1. The topological polar surface area (TPSA) is 38.0 Å². The first-order valence-corrected chi connectivity index (χ1v) is 6.84. The molecule has 0 bridgehead atoms. The number of nitrogens with two attached hydrogens (primary N) is 1. The highest BCUT2D eigenvalue weighted by molar-refractivity contribution is 6.35. The average Bonchev–Trinajstić information content (AvgIpc) is 2.39. The Kier molecular flexibility index (Phi) is 4.70. The van der Waals surface area contributed by atoms with Gasteiger partial charge in [0.2, 0.25) is 0 Å². The molecule has 2 rings (SSSR count). The molecule has 0 aromatic heterocycles. The van der Waals surface area contributed by atoms with Crippen LogP contribution in [0.25, 0.3) is 0 Å². The minimum Gasteiger partial charge on any atom is -0.377 e. The van der Waals surface area contributed by atoms with E-state index in [-0.39, 0.29) is 6.04 Å². The second kappa shape index (κ2) is 6.29. The molecule has 2 aromatic rings. The molecule has 100 valence electrons. The number of nitrogens with one attached hydrogen (secondary N) is 1. The molecular weight excluding hydrogens is 279 g/mol. The minimum absolute atomic E-state index is 0.0347. The Bertz CT molecular complexity index is 553. The van der Waals surface area contributed by atoms with E-state index in [1.54, 1.807) is 6.07 Å². The largest absolute Gasteiger partial charge is 0.377 e. The molecule has 19 heavy (non-hydrogen) atoms. The van der Waals surface area contributed by atoms with E-state index in [4.69, 9.17) is 28.9 Å². The maximum Gasteiger partial charge on any atom is 0.0650 e. The Morgan fingerprint density at radius 3 is 2.37 bits per heavy atom. The Morgan fingerprint density at radius 1 is 1.11 bits per heavy atom. The van der Waals surface area contributed by atoms with E-state index < -0.39 is 0 Å². The lowest BCUT2D eigenvalue weighted by atomic mass is 10.1. The van der Waals surface area contributed by atoms with Crippen molar-refractivity contribution in [2.75, 3.05) is 11.9 Å². The molecule has 4 heteroatoms. The molecule has 0 fully saturated rings. The lowest BCUT2D eigenvalue weighted by molar-refractivity contribution is 0.790. The molecule has 0 heterocycles. The SMILES string of the molecule is Cc1ccc(NC(CN)c2ccc(Cl)cc2Cl)cc1. The standard InChI is InChI=1S/C15H16Cl2N2/c1-10-2-5-12(6-3-10)19-15(9-18)13-7-4-11(16)8-14(13)17/h2-8,15,19H,9,18H2,1H3. The van der Waals surface area contributed by atoms with Crippen LogP contribution in [0.2, 0.25) is 10.0 Å². The van der Waals surface area contributed by atoms with Crippen LogP contribution in [0, 0.1) is 6.92 Å². The van der Waals surface area contributed by atoms with Gasteiger partial charge in [0.15, 0.2) is 0 Å². The first kappa shape index (κ1) is 14.2. The molecule has 1 unspecified atom stereocenters. The summed E-state index contributed by atoms with van der Waals surface area (Å²) in [6, 6.07) is 13.6. The van der Waals surface area contributed by atoms with Crippen LogP contribution < -0.4 is 11.1 Å². The van der Waals surface area contributed by atoms with Crippen LogP contribution in [0.3, 0.4) is 0 Å². The fourth-order valence-electron chi connectivity index (χ4n) is 1.90. The summed E-state index contributed by atoms with van der Waals surface area (Å²) in [5.74, 6) is 0. The lowest BCUT2D eigenvalue weighted by Crippen LogP contribution is -2.20. The van der Waals surface area contributed by atoms with Crippen molar-refractivity contribution in [1.29, 1.82) is 0 Å². The van der Waals surface area contributed by atoms with Crippen molar-refractivity contribution < 1.29 is 0 Å². The fourth-order valence-corrected chi connectivity index (χ4v) is 2.44. The molecular formula is C15H16Cl2N2. The molecule has 3 N–H and O–H groups in total. The molecule has 0 aliphatic carbocycles. The third kappa shape index (κ3) is 3.63. The Balaban J connectivity index is 2.22. The smallest absolute Gasteiger partial charge is 0.0650 e. The Labute approximate surface area is 123 Å². The van der Waals surface area contributed by atoms with E-state index in [1.165, 1.54) is 5.56 Å². The summed E-state index contributed by atoms with van der Waals surface area (Å²) >= 11 is 12.1. The van der Waals surface area contributed by atoms with Crippen LogP contribution in [0.15, 0.2) is 42.5 Å². The van der Waals surface area contributed by atoms with E-state index >= 15 is 0 Å². The van der Waals surface area contributed by atoms with Gasteiger partial charge in [0, 0.05) is 22.3 Å². The van der Waals surface area contributed by atoms with Gasteiger partial charge in [-0.1, -0.05) is 47.0 Å². The molecule has 0 spiro atoms. The maximum absolute atomic E-state index is 6.21. The molecule has 0 amide bonds. The van der Waals surface area contributed by atoms with Gasteiger partial charge in [0.25, 0.3) is 0 Å². The van der Waals surface area contributed by atoms with Gasteiger partial charge in [-0.05, 0) is 36.8 Å². The minimum atomic E-state index is -0.0347. The lowest BCUT2D eigenvalue weighted by Gasteiger charge is -2.20. The number of aryl methyl sites for hydroxylation is 1. The molecule has 0 aliphatic rings. The number of hydrogen-bond donors (Lipinski definition) is 2. The zero-order chi connectivity index (χ0) is 13.8. The maximum atomic E-state index is 6.21. The fraction of sp³-hybridized carbons (Fsp3) is 0.200. The molecule has 0 saturated heterocycles. The third-order valence-corrected chi connectivity index (χ3v) is 3.53. The van der Waals surface area contributed by atoms with Crippen LogP contribution >= 0.6 is 23.2 Å². The Hall–Kier alpha value is -1.22. The van der Waals surface area contributed by atoms with E-state index in [1.807, 2.05) is 24.3 Å². The van der Waals surface area contributed by atoms with Crippen molar-refractivity contribution in [3.05, 3.63) is 63.6 Å². The van der Waals surface area contributed by atoms with Crippen molar-refractivity contribution >= 4 is 28.9 Å². The number of benzene rings is 2. The first-order valence-electron chi connectivity index (χ1n) is 6.08. The van der Waals surface area contributed by atoms with Crippen LogP contribution in [-0.2, 0) is 0 Å². The van der Waals surface area contributed by atoms with Gasteiger partial charge < -0.3 is 11.1 Å². The van der Waals surface area contributed by atoms with Crippen molar-refractivity contribution in [3.63, 3.8) is 0 Å². The monoisotopic (exact) mass is 294 g/mol. The molecule has 2 nitrogen and oxygen atoms in total.